The number of rotatable bonds is 7. The molecule has 2 rings (SSSR count). The standard InChI is InChI=1S/C21H25NO4/c1-21(2,3)22-20(24)26-19(14-23)13-16-9-11-18(12-10-16)25-15-17-7-5-4-6-8-17/h4-12,14,19H,13,15H2,1-3H3,(H,22,24). The predicted molar refractivity (Wildman–Crippen MR) is 100 cm³/mol. The summed E-state index contributed by atoms with van der Waals surface area (Å²) in [6.45, 7) is 6.03. The maximum atomic E-state index is 11.8. The van der Waals surface area contributed by atoms with E-state index in [0.717, 1.165) is 16.9 Å². The minimum Gasteiger partial charge on any atom is -0.489 e. The normalized spacial score (nSPS) is 12.1. The molecule has 1 amide bonds. The van der Waals surface area contributed by atoms with Crippen LogP contribution in [0.1, 0.15) is 31.9 Å². The van der Waals surface area contributed by atoms with Gasteiger partial charge in [0.25, 0.3) is 0 Å². The molecule has 0 heterocycles. The number of amides is 1. The number of carbonyl (C=O) groups excluding carboxylic acids is 2. The summed E-state index contributed by atoms with van der Waals surface area (Å²) in [6.07, 6.45) is -0.465. The summed E-state index contributed by atoms with van der Waals surface area (Å²) >= 11 is 0. The van der Waals surface area contributed by atoms with Gasteiger partial charge in [0.15, 0.2) is 12.4 Å². The van der Waals surface area contributed by atoms with Crippen molar-refractivity contribution in [3.8, 4) is 5.75 Å². The van der Waals surface area contributed by atoms with E-state index in [9.17, 15) is 9.59 Å². The van der Waals surface area contributed by atoms with Gasteiger partial charge in [-0.05, 0) is 44.0 Å². The van der Waals surface area contributed by atoms with E-state index in [1.54, 1.807) is 0 Å². The lowest BCUT2D eigenvalue weighted by Gasteiger charge is -2.21. The lowest BCUT2D eigenvalue weighted by atomic mass is 10.1. The third kappa shape index (κ3) is 6.97. The highest BCUT2D eigenvalue weighted by Crippen LogP contribution is 2.16. The Bertz CT molecular complexity index is 705. The van der Waals surface area contributed by atoms with Crippen LogP contribution in [0.25, 0.3) is 0 Å². The molecule has 0 bridgehead atoms. The molecule has 1 unspecified atom stereocenters. The number of alkyl carbamates (subject to hydrolysis) is 1. The Morgan fingerprint density at radius 2 is 1.69 bits per heavy atom. The van der Waals surface area contributed by atoms with Crippen molar-refractivity contribution in [3.63, 3.8) is 0 Å². The number of ether oxygens (including phenoxy) is 2. The largest absolute Gasteiger partial charge is 0.489 e. The van der Waals surface area contributed by atoms with Crippen LogP contribution in [0.15, 0.2) is 54.6 Å². The lowest BCUT2D eigenvalue weighted by Crippen LogP contribution is -2.42. The van der Waals surface area contributed by atoms with Crippen molar-refractivity contribution in [1.29, 1.82) is 0 Å². The second-order valence-electron chi connectivity index (χ2n) is 7.08. The van der Waals surface area contributed by atoms with Gasteiger partial charge in [0.2, 0.25) is 0 Å². The molecule has 0 saturated heterocycles. The number of nitrogens with one attached hydrogen (secondary N) is 1. The van der Waals surface area contributed by atoms with Crippen LogP contribution in [0.4, 0.5) is 4.79 Å². The Balaban J connectivity index is 1.86. The molecule has 5 heteroatoms. The zero-order valence-electron chi connectivity index (χ0n) is 15.4. The third-order valence-electron chi connectivity index (χ3n) is 3.50. The molecule has 0 fully saturated rings. The molecule has 0 spiro atoms. The summed E-state index contributed by atoms with van der Waals surface area (Å²) < 4.78 is 10.9. The average molecular weight is 355 g/mol. The van der Waals surface area contributed by atoms with Gasteiger partial charge in [-0.15, -0.1) is 0 Å². The van der Waals surface area contributed by atoms with Crippen LogP contribution in [0.2, 0.25) is 0 Å². The van der Waals surface area contributed by atoms with Crippen LogP contribution in [-0.2, 0) is 22.6 Å². The minimum atomic E-state index is -0.826. The van der Waals surface area contributed by atoms with Crippen LogP contribution in [-0.4, -0.2) is 24.0 Å². The Morgan fingerprint density at radius 3 is 2.27 bits per heavy atom. The molecule has 0 aliphatic rings. The fraction of sp³-hybridized carbons (Fsp3) is 0.333. The minimum absolute atomic E-state index is 0.319. The van der Waals surface area contributed by atoms with Gasteiger partial charge in [-0.3, -0.25) is 4.79 Å². The number of aldehydes is 1. The Hall–Kier alpha value is -2.82. The van der Waals surface area contributed by atoms with Crippen LogP contribution in [0.3, 0.4) is 0 Å². The maximum Gasteiger partial charge on any atom is 0.408 e. The fourth-order valence-electron chi connectivity index (χ4n) is 2.29. The van der Waals surface area contributed by atoms with Crippen LogP contribution < -0.4 is 10.1 Å². The summed E-state index contributed by atoms with van der Waals surface area (Å²) in [6, 6.07) is 17.3. The number of hydrogen-bond donors (Lipinski definition) is 1. The number of carbonyl (C=O) groups is 2. The first-order chi connectivity index (χ1) is 12.4. The van der Waals surface area contributed by atoms with Crippen molar-refractivity contribution < 1.29 is 19.1 Å². The van der Waals surface area contributed by atoms with Crippen molar-refractivity contribution >= 4 is 12.4 Å². The zero-order valence-corrected chi connectivity index (χ0v) is 15.4. The average Bonchev–Trinajstić information content (AvgIpc) is 2.60. The quantitative estimate of drug-likeness (QED) is 0.765. The fourth-order valence-corrected chi connectivity index (χ4v) is 2.29. The Morgan fingerprint density at radius 1 is 1.04 bits per heavy atom. The van der Waals surface area contributed by atoms with E-state index in [2.05, 4.69) is 5.32 Å². The van der Waals surface area contributed by atoms with E-state index in [0.29, 0.717) is 19.3 Å². The predicted octanol–water partition coefficient (Wildman–Crippen LogP) is 3.90. The highest BCUT2D eigenvalue weighted by atomic mass is 16.6. The Kier molecular flexibility index (Phi) is 6.78. The van der Waals surface area contributed by atoms with Crippen molar-refractivity contribution in [2.24, 2.45) is 0 Å². The van der Waals surface area contributed by atoms with Gasteiger partial charge >= 0.3 is 6.09 Å². The van der Waals surface area contributed by atoms with Crippen molar-refractivity contribution in [3.05, 3.63) is 65.7 Å². The van der Waals surface area contributed by atoms with Gasteiger partial charge in [-0.25, -0.2) is 4.79 Å². The van der Waals surface area contributed by atoms with Gasteiger partial charge in [-0.2, -0.15) is 0 Å². The van der Waals surface area contributed by atoms with E-state index in [4.69, 9.17) is 9.47 Å². The van der Waals surface area contributed by atoms with E-state index in [1.165, 1.54) is 0 Å². The summed E-state index contributed by atoms with van der Waals surface area (Å²) in [5, 5.41) is 2.67. The van der Waals surface area contributed by atoms with Gasteiger partial charge in [0, 0.05) is 12.0 Å². The van der Waals surface area contributed by atoms with Crippen molar-refractivity contribution in [1.82, 2.24) is 5.32 Å². The molecule has 5 nitrogen and oxygen atoms in total. The molecule has 2 aromatic carbocycles. The molecular formula is C21H25NO4. The molecule has 1 atom stereocenters. The summed E-state index contributed by atoms with van der Waals surface area (Å²) in [5.41, 5.74) is 1.57. The highest BCUT2D eigenvalue weighted by molar-refractivity contribution is 5.71. The molecule has 26 heavy (non-hydrogen) atoms. The van der Waals surface area contributed by atoms with E-state index in [-0.39, 0.29) is 0 Å². The third-order valence-corrected chi connectivity index (χ3v) is 3.50. The number of benzene rings is 2. The smallest absolute Gasteiger partial charge is 0.408 e. The topological polar surface area (TPSA) is 64.6 Å². The first-order valence-electron chi connectivity index (χ1n) is 8.55. The molecule has 0 radical (unpaired) electrons. The van der Waals surface area contributed by atoms with Gasteiger partial charge in [0.1, 0.15) is 12.4 Å². The first-order valence-corrected chi connectivity index (χ1v) is 8.55. The maximum absolute atomic E-state index is 11.8. The Labute approximate surface area is 154 Å². The summed E-state index contributed by atoms with van der Waals surface area (Å²) in [4.78, 5) is 23.0. The van der Waals surface area contributed by atoms with Crippen LogP contribution in [0, 0.1) is 0 Å². The van der Waals surface area contributed by atoms with Crippen LogP contribution >= 0.6 is 0 Å². The van der Waals surface area contributed by atoms with E-state index < -0.39 is 17.7 Å². The number of hydrogen-bond acceptors (Lipinski definition) is 4. The van der Waals surface area contributed by atoms with Crippen LogP contribution in [0.5, 0.6) is 5.75 Å². The summed E-state index contributed by atoms with van der Waals surface area (Å²) in [5.74, 6) is 0.742. The van der Waals surface area contributed by atoms with E-state index in [1.807, 2.05) is 75.4 Å². The zero-order chi connectivity index (χ0) is 19.0. The van der Waals surface area contributed by atoms with Crippen molar-refractivity contribution in [2.45, 2.75) is 45.4 Å². The van der Waals surface area contributed by atoms with Gasteiger partial charge in [-0.1, -0.05) is 42.5 Å². The molecule has 2 aromatic rings. The molecule has 0 aromatic heterocycles. The second kappa shape index (κ2) is 9.04. The van der Waals surface area contributed by atoms with Crippen molar-refractivity contribution in [2.75, 3.05) is 0 Å². The first kappa shape index (κ1) is 19.5. The molecule has 1 N–H and O–H groups in total. The summed E-state index contributed by atoms with van der Waals surface area (Å²) in [7, 11) is 0. The van der Waals surface area contributed by atoms with Gasteiger partial charge in [0.05, 0.1) is 0 Å². The van der Waals surface area contributed by atoms with E-state index >= 15 is 0 Å². The molecule has 0 aliphatic heterocycles. The molecular weight excluding hydrogens is 330 g/mol. The molecule has 138 valence electrons. The lowest BCUT2D eigenvalue weighted by molar-refractivity contribution is -0.115. The molecule has 0 saturated carbocycles. The SMILES string of the molecule is CC(C)(C)NC(=O)OC(C=O)Cc1ccc(OCc2ccccc2)cc1. The second-order valence-corrected chi connectivity index (χ2v) is 7.08. The molecule has 0 aliphatic carbocycles. The monoisotopic (exact) mass is 355 g/mol. The highest BCUT2D eigenvalue weighted by Gasteiger charge is 2.19. The van der Waals surface area contributed by atoms with Gasteiger partial charge < -0.3 is 14.8 Å².